The Kier molecular flexibility index (Phi) is 5.99. The molecule has 0 aliphatic rings. The van der Waals surface area contributed by atoms with E-state index in [9.17, 15) is 4.79 Å². The molecule has 0 bridgehead atoms. The maximum absolute atomic E-state index is 11.3. The summed E-state index contributed by atoms with van der Waals surface area (Å²) >= 11 is 0. The van der Waals surface area contributed by atoms with Gasteiger partial charge in [-0.2, -0.15) is 0 Å². The Hall–Kier alpha value is -1.01. The van der Waals surface area contributed by atoms with E-state index in [0.717, 1.165) is 13.0 Å². The molecule has 0 spiro atoms. The molecule has 3 heteroatoms. The number of hydrogen-bond donors (Lipinski definition) is 0. The molecule has 0 heterocycles. The molecule has 0 saturated carbocycles. The van der Waals surface area contributed by atoms with Crippen molar-refractivity contribution in [1.82, 2.24) is 9.80 Å². The molecule has 0 aromatic rings. The normalized spacial score (nSPS) is 9.77. The predicted octanol–water partition coefficient (Wildman–Crippen LogP) is 0.420. The highest BCUT2D eigenvalue weighted by atomic mass is 16.2. The molecule has 0 rings (SSSR count). The monoisotopic (exact) mass is 182 g/mol. The third kappa shape index (κ3) is 5.26. The number of carbonyl (C=O) groups excluding carboxylic acids is 1. The highest BCUT2D eigenvalue weighted by Gasteiger charge is 2.09. The van der Waals surface area contributed by atoms with E-state index in [0.29, 0.717) is 13.1 Å². The molecular weight excluding hydrogens is 164 g/mol. The minimum atomic E-state index is 0.101. The zero-order valence-electron chi connectivity index (χ0n) is 8.71. The van der Waals surface area contributed by atoms with Crippen LogP contribution >= 0.6 is 0 Å². The van der Waals surface area contributed by atoms with E-state index in [1.54, 1.807) is 19.0 Å². The van der Waals surface area contributed by atoms with Crippen LogP contribution in [-0.2, 0) is 4.79 Å². The van der Waals surface area contributed by atoms with Crippen LogP contribution in [0, 0.1) is 12.3 Å². The number of rotatable bonds is 5. The quantitative estimate of drug-likeness (QED) is 0.575. The molecule has 0 aromatic carbocycles. The summed E-state index contributed by atoms with van der Waals surface area (Å²) in [5.41, 5.74) is 0. The summed E-state index contributed by atoms with van der Waals surface area (Å²) in [5, 5.41) is 0. The second kappa shape index (κ2) is 6.50. The lowest BCUT2D eigenvalue weighted by molar-refractivity contribution is -0.129. The Morgan fingerprint density at radius 3 is 2.46 bits per heavy atom. The van der Waals surface area contributed by atoms with Gasteiger partial charge in [-0.15, -0.1) is 6.42 Å². The average molecular weight is 182 g/mol. The zero-order valence-corrected chi connectivity index (χ0v) is 8.71. The Balaban J connectivity index is 3.95. The van der Waals surface area contributed by atoms with Crippen LogP contribution in [0.5, 0.6) is 0 Å². The number of likely N-dealkylation sites (N-methyl/N-ethyl adjacent to an activating group) is 1. The maximum Gasteiger partial charge on any atom is 0.236 e. The number of hydrogen-bond acceptors (Lipinski definition) is 2. The van der Waals surface area contributed by atoms with Gasteiger partial charge in [0.15, 0.2) is 0 Å². The second-order valence-electron chi connectivity index (χ2n) is 3.20. The van der Waals surface area contributed by atoms with Crippen molar-refractivity contribution in [2.75, 3.05) is 33.7 Å². The molecule has 0 radical (unpaired) electrons. The lowest BCUT2D eigenvalue weighted by Crippen LogP contribution is -2.37. The minimum Gasteiger partial charge on any atom is -0.348 e. The summed E-state index contributed by atoms with van der Waals surface area (Å²) in [5.74, 6) is 2.65. The molecule has 0 aliphatic heterocycles. The third-order valence-corrected chi connectivity index (χ3v) is 1.71. The van der Waals surface area contributed by atoms with Crippen molar-refractivity contribution in [3.05, 3.63) is 0 Å². The smallest absolute Gasteiger partial charge is 0.236 e. The number of amides is 1. The highest BCUT2D eigenvalue weighted by Crippen LogP contribution is 1.92. The van der Waals surface area contributed by atoms with Gasteiger partial charge in [-0.25, -0.2) is 0 Å². The molecule has 0 N–H and O–H groups in total. The van der Waals surface area contributed by atoms with Crippen LogP contribution in [0.15, 0.2) is 0 Å². The fourth-order valence-electron chi connectivity index (χ4n) is 0.992. The van der Waals surface area contributed by atoms with Crippen LogP contribution in [0.25, 0.3) is 0 Å². The van der Waals surface area contributed by atoms with E-state index < -0.39 is 0 Å². The lowest BCUT2D eigenvalue weighted by atomic mass is 10.4. The van der Waals surface area contributed by atoms with Gasteiger partial charge < -0.3 is 4.90 Å². The minimum absolute atomic E-state index is 0.101. The first kappa shape index (κ1) is 12.0. The first-order chi connectivity index (χ1) is 6.11. The SMILES string of the molecule is C#CCN(CCC)CC(=O)N(C)C. The Morgan fingerprint density at radius 2 is 2.08 bits per heavy atom. The summed E-state index contributed by atoms with van der Waals surface area (Å²) in [6.07, 6.45) is 6.21. The van der Waals surface area contributed by atoms with Gasteiger partial charge in [0.1, 0.15) is 0 Å². The summed E-state index contributed by atoms with van der Waals surface area (Å²) in [4.78, 5) is 14.9. The van der Waals surface area contributed by atoms with Crippen LogP contribution in [0.3, 0.4) is 0 Å². The van der Waals surface area contributed by atoms with Gasteiger partial charge in [0.25, 0.3) is 0 Å². The Labute approximate surface area is 80.7 Å². The number of nitrogens with zero attached hydrogens (tertiary/aromatic N) is 2. The second-order valence-corrected chi connectivity index (χ2v) is 3.20. The number of terminal acetylenes is 1. The van der Waals surface area contributed by atoms with Crippen molar-refractivity contribution in [2.45, 2.75) is 13.3 Å². The molecule has 1 amide bonds. The molecule has 0 atom stereocenters. The van der Waals surface area contributed by atoms with Crippen LogP contribution in [-0.4, -0.2) is 49.4 Å². The highest BCUT2D eigenvalue weighted by molar-refractivity contribution is 5.77. The molecule has 3 nitrogen and oxygen atoms in total. The third-order valence-electron chi connectivity index (χ3n) is 1.71. The van der Waals surface area contributed by atoms with E-state index in [2.05, 4.69) is 12.8 Å². The van der Waals surface area contributed by atoms with Crippen LogP contribution in [0.1, 0.15) is 13.3 Å². The average Bonchev–Trinajstić information content (AvgIpc) is 2.05. The molecular formula is C10H18N2O. The van der Waals surface area contributed by atoms with E-state index in [-0.39, 0.29) is 5.91 Å². The lowest BCUT2D eigenvalue weighted by Gasteiger charge is -2.20. The van der Waals surface area contributed by atoms with Crippen molar-refractivity contribution in [2.24, 2.45) is 0 Å². The molecule has 0 unspecified atom stereocenters. The Bertz CT molecular complexity index is 194. The van der Waals surface area contributed by atoms with Crippen LogP contribution < -0.4 is 0 Å². The van der Waals surface area contributed by atoms with Gasteiger partial charge in [-0.05, 0) is 13.0 Å². The standard InChI is InChI=1S/C10H18N2O/c1-5-7-12(8-6-2)9-10(13)11(3)4/h1H,6-9H2,2-4H3. The zero-order chi connectivity index (χ0) is 10.3. The molecule has 0 aromatic heterocycles. The van der Waals surface area contributed by atoms with Gasteiger partial charge in [0, 0.05) is 14.1 Å². The number of carbonyl (C=O) groups is 1. The first-order valence-corrected chi connectivity index (χ1v) is 4.47. The fourth-order valence-corrected chi connectivity index (χ4v) is 0.992. The van der Waals surface area contributed by atoms with E-state index >= 15 is 0 Å². The van der Waals surface area contributed by atoms with Gasteiger partial charge in [-0.3, -0.25) is 9.69 Å². The van der Waals surface area contributed by atoms with Crippen molar-refractivity contribution in [3.63, 3.8) is 0 Å². The molecule has 0 fully saturated rings. The molecule has 0 aliphatic carbocycles. The van der Waals surface area contributed by atoms with Gasteiger partial charge in [0.05, 0.1) is 13.1 Å². The van der Waals surface area contributed by atoms with Crippen LogP contribution in [0.2, 0.25) is 0 Å². The predicted molar refractivity (Wildman–Crippen MR) is 54.3 cm³/mol. The van der Waals surface area contributed by atoms with E-state index in [1.165, 1.54) is 0 Å². The molecule has 74 valence electrons. The summed E-state index contributed by atoms with van der Waals surface area (Å²) < 4.78 is 0. The molecule has 0 saturated heterocycles. The van der Waals surface area contributed by atoms with Crippen molar-refractivity contribution < 1.29 is 4.79 Å². The van der Waals surface area contributed by atoms with Gasteiger partial charge in [-0.1, -0.05) is 12.8 Å². The van der Waals surface area contributed by atoms with E-state index in [4.69, 9.17) is 6.42 Å². The maximum atomic E-state index is 11.3. The van der Waals surface area contributed by atoms with Crippen molar-refractivity contribution in [1.29, 1.82) is 0 Å². The van der Waals surface area contributed by atoms with Gasteiger partial charge >= 0.3 is 0 Å². The van der Waals surface area contributed by atoms with Crippen molar-refractivity contribution in [3.8, 4) is 12.3 Å². The first-order valence-electron chi connectivity index (χ1n) is 4.47. The molecule has 13 heavy (non-hydrogen) atoms. The van der Waals surface area contributed by atoms with Crippen LogP contribution in [0.4, 0.5) is 0 Å². The topological polar surface area (TPSA) is 23.6 Å². The largest absolute Gasteiger partial charge is 0.348 e. The summed E-state index contributed by atoms with van der Waals surface area (Å²) in [6, 6.07) is 0. The van der Waals surface area contributed by atoms with Gasteiger partial charge in [0.2, 0.25) is 5.91 Å². The summed E-state index contributed by atoms with van der Waals surface area (Å²) in [6.45, 7) is 3.92. The summed E-state index contributed by atoms with van der Waals surface area (Å²) in [7, 11) is 3.50. The Morgan fingerprint density at radius 1 is 1.46 bits per heavy atom. The van der Waals surface area contributed by atoms with Crippen molar-refractivity contribution >= 4 is 5.91 Å². The fraction of sp³-hybridized carbons (Fsp3) is 0.700. The van der Waals surface area contributed by atoms with E-state index in [1.807, 2.05) is 4.90 Å².